The Hall–Kier alpha value is -2.71. The molecule has 182 valence electrons. The summed E-state index contributed by atoms with van der Waals surface area (Å²) in [6.07, 6.45) is 3.63. The van der Waals surface area contributed by atoms with Gasteiger partial charge in [-0.05, 0) is 69.9 Å². The van der Waals surface area contributed by atoms with E-state index in [-0.39, 0.29) is 34.8 Å². The van der Waals surface area contributed by atoms with Gasteiger partial charge in [0.25, 0.3) is 0 Å². The minimum atomic E-state index is -0.333. The van der Waals surface area contributed by atoms with Crippen LogP contribution in [-0.2, 0) is 14.4 Å². The Labute approximate surface area is 213 Å². The zero-order valence-corrected chi connectivity index (χ0v) is 22.0. The highest BCUT2D eigenvalue weighted by molar-refractivity contribution is 8.02. The van der Waals surface area contributed by atoms with Crippen molar-refractivity contribution in [2.45, 2.75) is 63.0 Å². The number of fused-ring (bicyclic) bond motifs is 2. The predicted octanol–water partition coefficient (Wildman–Crippen LogP) is 6.02. The first-order chi connectivity index (χ1) is 16.7. The van der Waals surface area contributed by atoms with E-state index in [0.29, 0.717) is 5.69 Å². The van der Waals surface area contributed by atoms with Crippen LogP contribution in [0.3, 0.4) is 0 Å². The molecule has 2 fully saturated rings. The molecule has 0 unspecified atom stereocenters. The van der Waals surface area contributed by atoms with Gasteiger partial charge in [-0.15, -0.1) is 11.3 Å². The summed E-state index contributed by atoms with van der Waals surface area (Å²) >= 11 is 2.90. The largest absolute Gasteiger partial charge is 0.325 e. The molecule has 0 bridgehead atoms. The van der Waals surface area contributed by atoms with Gasteiger partial charge < -0.3 is 5.32 Å². The molecule has 3 aromatic rings. The lowest BCUT2D eigenvalue weighted by molar-refractivity contribution is -0.122. The Bertz CT molecular complexity index is 1300. The normalized spacial score (nSPS) is 20.9. The summed E-state index contributed by atoms with van der Waals surface area (Å²) in [6, 6.07) is 9.68. The van der Waals surface area contributed by atoms with Crippen molar-refractivity contribution in [3.8, 4) is 0 Å². The number of hydrogen-bond acceptors (Lipinski definition) is 6. The third kappa shape index (κ3) is 4.49. The monoisotopic (exact) mass is 507 g/mol. The number of aromatic nitrogens is 1. The topological polar surface area (TPSA) is 79.4 Å². The van der Waals surface area contributed by atoms with Crippen LogP contribution in [-0.4, -0.2) is 28.0 Å². The van der Waals surface area contributed by atoms with E-state index in [0.717, 1.165) is 57.1 Å². The van der Waals surface area contributed by atoms with E-state index in [1.165, 1.54) is 33.6 Å². The first kappa shape index (κ1) is 24.0. The van der Waals surface area contributed by atoms with Gasteiger partial charge in [-0.25, -0.2) is 4.98 Å². The summed E-state index contributed by atoms with van der Waals surface area (Å²) in [7, 11) is 0. The van der Waals surface area contributed by atoms with Crippen molar-refractivity contribution in [2.75, 3.05) is 10.2 Å². The van der Waals surface area contributed by atoms with Gasteiger partial charge in [0, 0.05) is 5.69 Å². The van der Waals surface area contributed by atoms with Crippen LogP contribution in [0.4, 0.5) is 11.4 Å². The quantitative estimate of drug-likeness (QED) is 0.337. The smallest absolute Gasteiger partial charge is 0.237 e. The third-order valence-corrected chi connectivity index (χ3v) is 9.24. The maximum atomic E-state index is 13.0. The van der Waals surface area contributed by atoms with E-state index >= 15 is 0 Å². The SMILES string of the molecule is Cc1cc(C)c(NC(=O)[C@H](C)Sc2nc3ccc(N4C(=O)[C@H]5CCCC[C@@H]5C4=O)cc3s2)c(C)c1. The Morgan fingerprint density at radius 3 is 2.31 bits per heavy atom. The number of amides is 3. The number of nitrogens with one attached hydrogen (secondary N) is 1. The lowest BCUT2D eigenvalue weighted by Crippen LogP contribution is -2.30. The van der Waals surface area contributed by atoms with Crippen molar-refractivity contribution in [3.63, 3.8) is 0 Å². The fourth-order valence-corrected chi connectivity index (χ4v) is 7.55. The van der Waals surface area contributed by atoms with Crippen molar-refractivity contribution >= 4 is 62.4 Å². The summed E-state index contributed by atoms with van der Waals surface area (Å²) in [4.78, 5) is 44.9. The number of carbonyl (C=O) groups excluding carboxylic acids is 3. The highest BCUT2D eigenvalue weighted by atomic mass is 32.2. The second-order valence-corrected chi connectivity index (χ2v) is 12.3. The molecule has 2 heterocycles. The average Bonchev–Trinajstić information content (AvgIpc) is 3.33. The van der Waals surface area contributed by atoms with E-state index in [1.54, 1.807) is 0 Å². The van der Waals surface area contributed by atoms with Crippen LogP contribution < -0.4 is 10.2 Å². The molecule has 1 aromatic heterocycles. The molecule has 6 nitrogen and oxygen atoms in total. The summed E-state index contributed by atoms with van der Waals surface area (Å²) in [6.45, 7) is 7.93. The number of carbonyl (C=O) groups is 3. The third-order valence-electron chi connectivity index (χ3n) is 7.02. The van der Waals surface area contributed by atoms with E-state index in [4.69, 9.17) is 0 Å². The van der Waals surface area contributed by atoms with E-state index in [1.807, 2.05) is 45.9 Å². The molecule has 3 amide bonds. The molecule has 1 N–H and O–H groups in total. The molecule has 1 saturated carbocycles. The van der Waals surface area contributed by atoms with Crippen LogP contribution in [0.1, 0.15) is 49.3 Å². The highest BCUT2D eigenvalue weighted by Crippen LogP contribution is 2.41. The molecular weight excluding hydrogens is 478 g/mol. The van der Waals surface area contributed by atoms with Gasteiger partial charge >= 0.3 is 0 Å². The minimum absolute atomic E-state index is 0.0647. The molecule has 1 aliphatic heterocycles. The zero-order chi connectivity index (χ0) is 24.9. The highest BCUT2D eigenvalue weighted by Gasteiger charge is 2.48. The molecule has 2 aromatic carbocycles. The minimum Gasteiger partial charge on any atom is -0.325 e. The molecule has 35 heavy (non-hydrogen) atoms. The van der Waals surface area contributed by atoms with Crippen molar-refractivity contribution in [3.05, 3.63) is 47.0 Å². The van der Waals surface area contributed by atoms with Crippen molar-refractivity contribution in [2.24, 2.45) is 11.8 Å². The average molecular weight is 508 g/mol. The summed E-state index contributed by atoms with van der Waals surface area (Å²) in [5, 5.41) is 2.74. The van der Waals surface area contributed by atoms with Crippen LogP contribution in [0.2, 0.25) is 0 Å². The Balaban J connectivity index is 1.32. The number of anilines is 2. The zero-order valence-electron chi connectivity index (χ0n) is 20.4. The molecule has 3 atom stereocenters. The number of nitrogens with zero attached hydrogens (tertiary/aromatic N) is 2. The Morgan fingerprint density at radius 1 is 1.06 bits per heavy atom. The second-order valence-electron chi connectivity index (χ2n) is 9.66. The van der Waals surface area contributed by atoms with Crippen LogP contribution in [0.25, 0.3) is 10.2 Å². The van der Waals surface area contributed by atoms with Gasteiger partial charge in [-0.2, -0.15) is 0 Å². The fourth-order valence-electron chi connectivity index (χ4n) is 5.31. The van der Waals surface area contributed by atoms with E-state index < -0.39 is 0 Å². The van der Waals surface area contributed by atoms with E-state index in [9.17, 15) is 14.4 Å². The van der Waals surface area contributed by atoms with Gasteiger partial charge in [-0.1, -0.05) is 42.3 Å². The fraction of sp³-hybridized carbons (Fsp3) is 0.407. The van der Waals surface area contributed by atoms with Crippen LogP contribution in [0.15, 0.2) is 34.7 Å². The maximum absolute atomic E-state index is 13.0. The summed E-state index contributed by atoms with van der Waals surface area (Å²) < 4.78 is 1.68. The standard InChI is InChI=1S/C27H29N3O3S2/c1-14-11-15(2)23(16(3)12-14)29-24(31)17(4)34-27-28-21-10-9-18(13-22(21)35-27)30-25(32)19-7-5-6-8-20(19)26(30)33/h9-13,17,19-20H,5-8H2,1-4H3,(H,29,31)/t17-,19-,20-/m0/s1. The number of benzene rings is 2. The lowest BCUT2D eigenvalue weighted by Gasteiger charge is -2.19. The molecular formula is C27H29N3O3S2. The molecule has 1 aliphatic carbocycles. The van der Waals surface area contributed by atoms with Crippen LogP contribution >= 0.6 is 23.1 Å². The number of aryl methyl sites for hydroxylation is 3. The first-order valence-corrected chi connectivity index (χ1v) is 13.8. The number of hydrogen-bond donors (Lipinski definition) is 1. The van der Waals surface area contributed by atoms with Crippen LogP contribution in [0, 0.1) is 32.6 Å². The number of rotatable bonds is 5. The molecule has 0 radical (unpaired) electrons. The second kappa shape index (κ2) is 9.39. The number of thiazole rings is 1. The Morgan fingerprint density at radius 2 is 1.69 bits per heavy atom. The molecule has 0 spiro atoms. The molecule has 5 rings (SSSR count). The lowest BCUT2D eigenvalue weighted by atomic mass is 9.81. The van der Waals surface area contributed by atoms with Gasteiger partial charge in [-0.3, -0.25) is 19.3 Å². The first-order valence-electron chi connectivity index (χ1n) is 12.1. The number of thioether (sulfide) groups is 1. The van der Waals surface area contributed by atoms with Gasteiger partial charge in [0.05, 0.1) is 33.0 Å². The summed E-state index contributed by atoms with van der Waals surface area (Å²) in [5.74, 6) is -0.532. The van der Waals surface area contributed by atoms with E-state index in [2.05, 4.69) is 22.4 Å². The molecule has 2 aliphatic rings. The van der Waals surface area contributed by atoms with Crippen molar-refractivity contribution in [1.29, 1.82) is 0 Å². The van der Waals surface area contributed by atoms with Gasteiger partial charge in [0.15, 0.2) is 4.34 Å². The summed E-state index contributed by atoms with van der Waals surface area (Å²) in [5.41, 5.74) is 5.56. The van der Waals surface area contributed by atoms with Gasteiger partial charge in [0.2, 0.25) is 17.7 Å². The van der Waals surface area contributed by atoms with Crippen molar-refractivity contribution < 1.29 is 14.4 Å². The number of imide groups is 1. The maximum Gasteiger partial charge on any atom is 0.237 e. The Kier molecular flexibility index (Phi) is 6.44. The predicted molar refractivity (Wildman–Crippen MR) is 142 cm³/mol. The van der Waals surface area contributed by atoms with Crippen molar-refractivity contribution in [1.82, 2.24) is 4.98 Å². The van der Waals surface area contributed by atoms with Gasteiger partial charge in [0.1, 0.15) is 0 Å². The van der Waals surface area contributed by atoms with Crippen LogP contribution in [0.5, 0.6) is 0 Å². The molecule has 8 heteroatoms. The molecule has 1 saturated heterocycles.